The fourth-order valence-electron chi connectivity index (χ4n) is 21.9. The highest BCUT2D eigenvalue weighted by molar-refractivity contribution is 5.97. The van der Waals surface area contributed by atoms with Crippen LogP contribution >= 0.6 is 0 Å². The third-order valence-electron chi connectivity index (χ3n) is 29.5. The molecule has 2 saturated heterocycles. The molecule has 121 heavy (non-hydrogen) atoms. The summed E-state index contributed by atoms with van der Waals surface area (Å²) in [6, 6.07) is 47.4. The number of nitrogens with one attached hydrogen (secondary N) is 2. The van der Waals surface area contributed by atoms with Crippen LogP contribution in [0.4, 0.5) is 0 Å². The lowest BCUT2D eigenvalue weighted by molar-refractivity contribution is -0.353. The Labute approximate surface area is 703 Å². The molecule has 2 heterocycles. The van der Waals surface area contributed by atoms with Crippen LogP contribution in [0.5, 0.6) is 0 Å². The SMILES string of the molecule is CC1=C2[C@@H](C)C(=O)[C@]3(C)[C@@H](O)C[C@@]4(C)OC[C@@]4(C)[C@H]3[C@H](OC(=O)c3ccccc3)[C@](O)(C[C@@H]1OC(=O)[C@H](O)[C@@H](NC(=O)c1ccccc1)c1ccccc1)C2(C)C.CC1=C2[C@@H](C)C(=O)[C@]3(C)[C@@H](O)C[C@]4(C)OC[C@@]4(C)[C@H]3[C@H](OC(=O)c3ccccc3)[C@](O)(C[C@@H]1OC(=O)[C@H](OC(=O)CCC(=O)O)[C@@H](NC(=O)c1ccccc1)c1ccccc1)C2(C)C. The monoisotopic (exact) mass is 1660 g/mol. The van der Waals surface area contributed by atoms with Crippen molar-refractivity contribution in [1.29, 1.82) is 0 Å². The van der Waals surface area contributed by atoms with Gasteiger partial charge in [-0.1, -0.05) is 189 Å². The van der Waals surface area contributed by atoms with Crippen LogP contribution in [-0.4, -0.2) is 174 Å². The Morgan fingerprint density at radius 2 is 0.785 bits per heavy atom. The highest BCUT2D eigenvalue weighted by atomic mass is 16.6. The molecule has 14 rings (SSSR count). The van der Waals surface area contributed by atoms with Gasteiger partial charge in [-0.05, 0) is 123 Å². The van der Waals surface area contributed by atoms with Gasteiger partial charge in [-0.25, -0.2) is 19.2 Å². The molecule has 25 heteroatoms. The van der Waals surface area contributed by atoms with Gasteiger partial charge in [0.05, 0.1) is 77.5 Å². The number of aliphatic hydroxyl groups excluding tert-OH is 3. The zero-order valence-electron chi connectivity index (χ0n) is 70.7. The molecule has 6 aromatic carbocycles. The second-order valence-electron chi connectivity index (χ2n) is 36.6. The number of aliphatic hydroxyl groups is 5. The molecule has 0 radical (unpaired) electrons. The van der Waals surface area contributed by atoms with Crippen molar-refractivity contribution in [2.24, 2.45) is 56.2 Å². The Morgan fingerprint density at radius 1 is 0.455 bits per heavy atom. The first-order valence-electron chi connectivity index (χ1n) is 41.4. The van der Waals surface area contributed by atoms with Crippen LogP contribution in [0.1, 0.15) is 200 Å². The normalized spacial score (nSPS) is 33.7. The van der Waals surface area contributed by atoms with E-state index >= 15 is 9.59 Å². The molecule has 0 aromatic heterocycles. The van der Waals surface area contributed by atoms with Crippen LogP contribution in [0.3, 0.4) is 0 Å². The van der Waals surface area contributed by atoms with Crippen LogP contribution < -0.4 is 10.6 Å². The van der Waals surface area contributed by atoms with E-state index in [1.54, 1.807) is 251 Å². The average molecular weight is 1660 g/mol. The maximum absolute atomic E-state index is 15.4. The standard InChI is InChI=1S/C50H57NO13.C46H53NO10/c1-28-33(62-45(59)39(63-36(55)24-23-35(53)54)38(30-17-11-8-12-18-30)51-43(57)31-19-13-9-14-20-31)25-50(60)42(64-44(58)32-21-15-10-16-22-32)40-47(5)27-61-48(47,6)26-34(52)49(40,7)41(56)29(2)37(28)46(50,3)4;1-26-31(56-41(53)35(49)34(28-17-11-8-12-18-28)47-39(51)29-19-13-9-14-20-29)23-46(54)38(57-40(52)30-21-15-10-16-22-30)36-43(5)25-55-44(43,6)24-32(48)45(36,7)37(50)27(2)33(26)42(46,3)4/h8-22,29,33-34,38-40,42,52,60H,23-27H2,1-7H3,(H,51,57)(H,53,54);8-22,27,31-32,34-36,38,48-49,54H,23-25H2,1-7H3,(H,47,51)/t29-,33+,34+,38+,39-,40-,42+,47+,48+,49-,50-;27-,31+,32+,34+,35-,36-,38+,43+,44-,45-,46-/m11/s1. The molecule has 2 aliphatic heterocycles. The molecule has 2 amide bonds. The second-order valence-corrected chi connectivity index (χ2v) is 36.6. The van der Waals surface area contributed by atoms with Gasteiger partial charge in [-0.15, -0.1) is 0 Å². The zero-order chi connectivity index (χ0) is 87.9. The number of carbonyl (C=O) groups is 10. The topological polar surface area (TPSA) is 381 Å². The number of rotatable bonds is 20. The van der Waals surface area contributed by atoms with Crippen molar-refractivity contribution in [1.82, 2.24) is 10.6 Å². The number of Topliss-reactive ketones (excluding diaryl/α,β-unsaturated/α-hetero) is 2. The summed E-state index contributed by atoms with van der Waals surface area (Å²) >= 11 is 0. The molecule has 8 N–H and O–H groups in total. The Kier molecular flexibility index (Phi) is 24.0. The molecule has 4 bridgehead atoms. The molecule has 25 nitrogen and oxygen atoms in total. The summed E-state index contributed by atoms with van der Waals surface area (Å²) in [4.78, 5) is 140. The number of carboxylic acid groups (broad SMARTS) is 1. The smallest absolute Gasteiger partial charge is 0.350 e. The number of amides is 2. The molecule has 22 atom stereocenters. The first-order chi connectivity index (χ1) is 56.9. The van der Waals surface area contributed by atoms with Gasteiger partial charge in [0.2, 0.25) is 6.10 Å². The van der Waals surface area contributed by atoms with Crippen LogP contribution in [0.25, 0.3) is 0 Å². The van der Waals surface area contributed by atoms with E-state index in [4.69, 9.17) is 33.2 Å². The number of carboxylic acids is 1. The summed E-state index contributed by atoms with van der Waals surface area (Å²) in [5.41, 5.74) is -9.80. The highest BCUT2D eigenvalue weighted by Gasteiger charge is 2.80. The summed E-state index contributed by atoms with van der Waals surface area (Å²) < 4.78 is 43.7. The Hall–Kier alpha value is -10.4. The maximum Gasteiger partial charge on any atom is 0.350 e. The number of benzene rings is 6. The fraction of sp³-hybridized carbons (Fsp3) is 0.479. The van der Waals surface area contributed by atoms with E-state index in [0.717, 1.165) is 0 Å². The summed E-state index contributed by atoms with van der Waals surface area (Å²) in [5.74, 6) is -11.6. The summed E-state index contributed by atoms with van der Waals surface area (Å²) in [6.45, 7) is 25.3. The average Bonchev–Trinajstić information content (AvgIpc) is 0.666. The van der Waals surface area contributed by atoms with E-state index in [1.165, 1.54) is 0 Å². The summed E-state index contributed by atoms with van der Waals surface area (Å²) in [6.07, 6.45) is -13.3. The number of carbonyl (C=O) groups excluding carboxylic acids is 9. The fourth-order valence-corrected chi connectivity index (χ4v) is 21.9. The van der Waals surface area contributed by atoms with Gasteiger partial charge in [-0.2, -0.15) is 0 Å². The Morgan fingerprint density at radius 3 is 1.13 bits per heavy atom. The lowest BCUT2D eigenvalue weighted by atomic mass is 9.39. The minimum absolute atomic E-state index is 0.115. The first-order valence-corrected chi connectivity index (χ1v) is 41.4. The number of ketones is 2. The third-order valence-corrected chi connectivity index (χ3v) is 29.5. The predicted molar refractivity (Wildman–Crippen MR) is 440 cm³/mol. The van der Waals surface area contributed by atoms with Crippen molar-refractivity contribution in [3.63, 3.8) is 0 Å². The van der Waals surface area contributed by atoms with Gasteiger partial charge in [0, 0.05) is 82.1 Å². The molecule has 6 aromatic rings. The molecule has 6 aliphatic carbocycles. The van der Waals surface area contributed by atoms with Crippen LogP contribution in [0, 0.1) is 56.2 Å². The van der Waals surface area contributed by atoms with Gasteiger partial charge < -0.3 is 74.4 Å². The number of ether oxygens (including phenoxy) is 7. The maximum atomic E-state index is 15.4. The highest BCUT2D eigenvalue weighted by Crippen LogP contribution is 2.72. The number of fused-ring (bicyclic) bond motifs is 10. The molecule has 8 aliphatic rings. The summed E-state index contributed by atoms with van der Waals surface area (Å²) in [5, 5.41) is 78.2. The largest absolute Gasteiger partial charge is 0.481 e. The van der Waals surface area contributed by atoms with Gasteiger partial charge in [-0.3, -0.25) is 28.8 Å². The molecule has 0 unspecified atom stereocenters. The molecule has 4 saturated carbocycles. The van der Waals surface area contributed by atoms with Crippen molar-refractivity contribution in [3.8, 4) is 0 Å². The first kappa shape index (κ1) is 88.4. The third kappa shape index (κ3) is 14.8. The van der Waals surface area contributed by atoms with E-state index < -0.39 is 200 Å². The molecular formula is C96H110N2O23. The van der Waals surface area contributed by atoms with Crippen molar-refractivity contribution in [2.45, 2.75) is 219 Å². The molecule has 642 valence electrons. The minimum Gasteiger partial charge on any atom is -0.481 e. The number of aliphatic carboxylic acids is 1. The van der Waals surface area contributed by atoms with Gasteiger partial charge in [0.15, 0.2) is 6.10 Å². The van der Waals surface area contributed by atoms with Crippen LogP contribution in [0.15, 0.2) is 204 Å². The molecule has 6 fully saturated rings. The number of hydrogen-bond acceptors (Lipinski definition) is 22. The van der Waals surface area contributed by atoms with Crippen LogP contribution in [-0.2, 0) is 61.9 Å². The minimum atomic E-state index is -2.11. The predicted octanol–water partition coefficient (Wildman–Crippen LogP) is 11.5. The van der Waals surface area contributed by atoms with Gasteiger partial charge in [0.25, 0.3) is 11.8 Å². The number of esters is 5. The zero-order valence-corrected chi connectivity index (χ0v) is 70.7. The molecular weight excluding hydrogens is 1550 g/mol. The lowest BCUT2D eigenvalue weighted by Crippen LogP contribution is -2.80. The van der Waals surface area contributed by atoms with E-state index in [2.05, 4.69) is 10.6 Å². The van der Waals surface area contributed by atoms with Crippen molar-refractivity contribution in [2.75, 3.05) is 13.2 Å². The van der Waals surface area contributed by atoms with E-state index in [1.807, 2.05) is 27.7 Å². The van der Waals surface area contributed by atoms with Crippen LogP contribution in [0.2, 0.25) is 0 Å². The van der Waals surface area contributed by atoms with Gasteiger partial charge >= 0.3 is 35.8 Å². The summed E-state index contributed by atoms with van der Waals surface area (Å²) in [7, 11) is 0. The van der Waals surface area contributed by atoms with E-state index in [9.17, 15) is 69.0 Å². The van der Waals surface area contributed by atoms with Crippen molar-refractivity contribution >= 4 is 59.2 Å². The van der Waals surface area contributed by atoms with Gasteiger partial charge in [0.1, 0.15) is 53.2 Å². The Bertz CT molecular complexity index is 5060. The van der Waals surface area contributed by atoms with E-state index in [-0.39, 0.29) is 67.2 Å². The second kappa shape index (κ2) is 32.8. The Balaban J connectivity index is 0.000000210. The lowest BCUT2D eigenvalue weighted by Gasteiger charge is -2.71. The molecule has 0 spiro atoms. The van der Waals surface area contributed by atoms with E-state index in [0.29, 0.717) is 39.0 Å². The van der Waals surface area contributed by atoms with Crippen molar-refractivity contribution in [3.05, 3.63) is 238 Å². The van der Waals surface area contributed by atoms with Crippen molar-refractivity contribution < 1.29 is 112 Å². The quantitative estimate of drug-likeness (QED) is 0.0200. The number of hydrogen-bond donors (Lipinski definition) is 8.